The third-order valence-corrected chi connectivity index (χ3v) is 3.50. The fraction of sp³-hybridized carbons (Fsp3) is 0.125. The SMILES string of the molecule is Cn1c(-c2ccc(Br)s2)cnc1N. The van der Waals surface area contributed by atoms with Gasteiger partial charge in [-0.25, -0.2) is 4.98 Å². The fourth-order valence-electron chi connectivity index (χ4n) is 1.10. The van der Waals surface area contributed by atoms with Crippen LogP contribution in [0.1, 0.15) is 0 Å². The topological polar surface area (TPSA) is 43.8 Å². The molecule has 0 atom stereocenters. The number of anilines is 1. The van der Waals surface area contributed by atoms with Gasteiger partial charge in [-0.15, -0.1) is 11.3 Å². The van der Waals surface area contributed by atoms with E-state index in [0.717, 1.165) is 9.48 Å². The second-order valence-corrected chi connectivity index (χ2v) is 5.13. The van der Waals surface area contributed by atoms with E-state index in [4.69, 9.17) is 5.73 Å². The highest BCUT2D eigenvalue weighted by Crippen LogP contribution is 2.31. The van der Waals surface area contributed by atoms with Gasteiger partial charge in [0.2, 0.25) is 0 Å². The van der Waals surface area contributed by atoms with Crippen LogP contribution in [0.2, 0.25) is 0 Å². The molecule has 0 aromatic carbocycles. The zero-order valence-corrected chi connectivity index (χ0v) is 9.39. The van der Waals surface area contributed by atoms with Gasteiger partial charge in [0.25, 0.3) is 0 Å². The molecule has 3 nitrogen and oxygen atoms in total. The van der Waals surface area contributed by atoms with Crippen molar-refractivity contribution >= 4 is 33.2 Å². The highest BCUT2D eigenvalue weighted by molar-refractivity contribution is 9.11. The molecule has 0 saturated carbocycles. The number of hydrogen-bond acceptors (Lipinski definition) is 3. The van der Waals surface area contributed by atoms with E-state index in [1.54, 1.807) is 17.5 Å². The van der Waals surface area contributed by atoms with Crippen molar-refractivity contribution < 1.29 is 0 Å². The number of aromatic nitrogens is 2. The van der Waals surface area contributed by atoms with Crippen molar-refractivity contribution in [1.82, 2.24) is 9.55 Å². The smallest absolute Gasteiger partial charge is 0.200 e. The highest BCUT2D eigenvalue weighted by Gasteiger charge is 2.07. The Morgan fingerprint density at radius 3 is 2.77 bits per heavy atom. The second-order valence-electron chi connectivity index (χ2n) is 2.66. The van der Waals surface area contributed by atoms with Crippen LogP contribution in [0.4, 0.5) is 5.95 Å². The zero-order chi connectivity index (χ0) is 9.42. The van der Waals surface area contributed by atoms with Crippen LogP contribution in [0.5, 0.6) is 0 Å². The lowest BCUT2D eigenvalue weighted by Crippen LogP contribution is -1.97. The van der Waals surface area contributed by atoms with Crippen LogP contribution in [0, 0.1) is 0 Å². The van der Waals surface area contributed by atoms with Gasteiger partial charge in [0.15, 0.2) is 5.95 Å². The van der Waals surface area contributed by atoms with E-state index in [1.165, 1.54) is 4.88 Å². The molecule has 0 bridgehead atoms. The minimum absolute atomic E-state index is 0.541. The molecule has 0 fully saturated rings. The van der Waals surface area contributed by atoms with Gasteiger partial charge >= 0.3 is 0 Å². The van der Waals surface area contributed by atoms with Gasteiger partial charge in [0, 0.05) is 7.05 Å². The first kappa shape index (κ1) is 8.77. The van der Waals surface area contributed by atoms with Crippen molar-refractivity contribution in [2.45, 2.75) is 0 Å². The summed E-state index contributed by atoms with van der Waals surface area (Å²) in [5.74, 6) is 0.541. The summed E-state index contributed by atoms with van der Waals surface area (Å²) in [6.45, 7) is 0. The first-order valence-electron chi connectivity index (χ1n) is 3.71. The van der Waals surface area contributed by atoms with Crippen LogP contribution < -0.4 is 5.73 Å². The molecule has 0 aliphatic heterocycles. The first-order chi connectivity index (χ1) is 6.18. The Balaban J connectivity index is 2.52. The Morgan fingerprint density at radius 2 is 2.31 bits per heavy atom. The molecule has 0 spiro atoms. The van der Waals surface area contributed by atoms with Crippen LogP contribution in [0.15, 0.2) is 22.1 Å². The molecule has 0 aliphatic carbocycles. The predicted octanol–water partition coefficient (Wildman–Crippen LogP) is 2.49. The number of nitrogens with two attached hydrogens (primary N) is 1. The maximum atomic E-state index is 5.63. The quantitative estimate of drug-likeness (QED) is 0.854. The normalized spacial score (nSPS) is 10.6. The van der Waals surface area contributed by atoms with Crippen LogP contribution in [0.25, 0.3) is 10.6 Å². The first-order valence-corrected chi connectivity index (χ1v) is 5.32. The summed E-state index contributed by atoms with van der Waals surface area (Å²) in [7, 11) is 1.91. The van der Waals surface area contributed by atoms with E-state index in [2.05, 4.69) is 20.9 Å². The van der Waals surface area contributed by atoms with Crippen LogP contribution in [0.3, 0.4) is 0 Å². The van der Waals surface area contributed by atoms with Gasteiger partial charge in [-0.1, -0.05) is 0 Å². The van der Waals surface area contributed by atoms with Crippen molar-refractivity contribution in [3.8, 4) is 10.6 Å². The average molecular weight is 258 g/mol. The van der Waals surface area contributed by atoms with Gasteiger partial charge in [0.1, 0.15) is 0 Å². The summed E-state index contributed by atoms with van der Waals surface area (Å²) in [4.78, 5) is 5.20. The minimum Gasteiger partial charge on any atom is -0.369 e. The summed E-state index contributed by atoms with van der Waals surface area (Å²) in [6, 6.07) is 4.06. The number of rotatable bonds is 1. The molecule has 0 unspecified atom stereocenters. The summed E-state index contributed by atoms with van der Waals surface area (Å²) in [5.41, 5.74) is 6.68. The van der Waals surface area contributed by atoms with E-state index in [9.17, 15) is 0 Å². The molecular formula is C8H8BrN3S. The lowest BCUT2D eigenvalue weighted by atomic mass is 10.4. The van der Waals surface area contributed by atoms with Crippen molar-refractivity contribution in [1.29, 1.82) is 0 Å². The monoisotopic (exact) mass is 257 g/mol. The van der Waals surface area contributed by atoms with Crippen LogP contribution in [-0.4, -0.2) is 9.55 Å². The van der Waals surface area contributed by atoms with Gasteiger partial charge in [-0.3, -0.25) is 0 Å². The zero-order valence-electron chi connectivity index (χ0n) is 6.99. The lowest BCUT2D eigenvalue weighted by molar-refractivity contribution is 0.940. The summed E-state index contributed by atoms with van der Waals surface area (Å²) in [6.07, 6.45) is 1.79. The Bertz CT molecular complexity index is 432. The van der Waals surface area contributed by atoms with Gasteiger partial charge in [0.05, 0.1) is 20.6 Å². The second kappa shape index (κ2) is 3.16. The number of hydrogen-bond donors (Lipinski definition) is 1. The molecule has 2 heterocycles. The van der Waals surface area contributed by atoms with Crippen molar-refractivity contribution in [2.75, 3.05) is 5.73 Å². The maximum Gasteiger partial charge on any atom is 0.200 e. The van der Waals surface area contributed by atoms with E-state index in [0.29, 0.717) is 5.95 Å². The van der Waals surface area contributed by atoms with Crippen molar-refractivity contribution in [2.24, 2.45) is 7.05 Å². The third kappa shape index (κ3) is 1.49. The van der Waals surface area contributed by atoms with Gasteiger partial charge in [-0.05, 0) is 28.1 Å². The Kier molecular flexibility index (Phi) is 2.13. The molecule has 68 valence electrons. The molecule has 2 aromatic heterocycles. The molecule has 5 heteroatoms. The van der Waals surface area contributed by atoms with E-state index >= 15 is 0 Å². The molecule has 0 radical (unpaired) electrons. The molecule has 0 aliphatic rings. The van der Waals surface area contributed by atoms with Crippen LogP contribution >= 0.6 is 27.3 Å². The van der Waals surface area contributed by atoms with Crippen molar-refractivity contribution in [3.63, 3.8) is 0 Å². The van der Waals surface area contributed by atoms with E-state index in [1.807, 2.05) is 23.7 Å². The van der Waals surface area contributed by atoms with Crippen molar-refractivity contribution in [3.05, 3.63) is 22.1 Å². The Morgan fingerprint density at radius 1 is 1.54 bits per heavy atom. The number of nitrogen functional groups attached to an aromatic ring is 1. The minimum atomic E-state index is 0.541. The standard InChI is InChI=1S/C8H8BrN3S/c1-12-5(4-11-8(12)10)6-2-3-7(9)13-6/h2-4H,1H3,(H2,10,11). The molecule has 0 saturated heterocycles. The fourth-order valence-corrected chi connectivity index (χ4v) is 2.54. The molecule has 2 aromatic rings. The number of halogens is 1. The van der Waals surface area contributed by atoms with Gasteiger partial charge < -0.3 is 10.3 Å². The number of imidazole rings is 1. The van der Waals surface area contributed by atoms with Gasteiger partial charge in [-0.2, -0.15) is 0 Å². The Hall–Kier alpha value is -0.810. The highest BCUT2D eigenvalue weighted by atomic mass is 79.9. The largest absolute Gasteiger partial charge is 0.369 e. The average Bonchev–Trinajstić information content (AvgIpc) is 2.62. The van der Waals surface area contributed by atoms with E-state index in [-0.39, 0.29) is 0 Å². The molecule has 13 heavy (non-hydrogen) atoms. The molecule has 2 N–H and O–H groups in total. The lowest BCUT2D eigenvalue weighted by Gasteiger charge is -1.98. The number of nitrogens with zero attached hydrogens (tertiary/aromatic N) is 2. The summed E-state index contributed by atoms with van der Waals surface area (Å²) >= 11 is 5.09. The molecular weight excluding hydrogens is 250 g/mol. The summed E-state index contributed by atoms with van der Waals surface area (Å²) < 4.78 is 2.99. The third-order valence-electron chi connectivity index (χ3n) is 1.85. The van der Waals surface area contributed by atoms with Crippen LogP contribution in [-0.2, 0) is 7.05 Å². The molecule has 2 rings (SSSR count). The maximum absolute atomic E-state index is 5.63. The summed E-state index contributed by atoms with van der Waals surface area (Å²) in [5, 5.41) is 0. The Labute approximate surface area is 88.3 Å². The molecule has 0 amide bonds. The number of thiophene rings is 1. The predicted molar refractivity (Wildman–Crippen MR) is 58.6 cm³/mol. The van der Waals surface area contributed by atoms with E-state index < -0.39 is 0 Å².